The molecule has 0 aliphatic carbocycles. The van der Waals surface area contributed by atoms with E-state index in [1.807, 2.05) is 18.2 Å². The Hall–Kier alpha value is -1.84. The molecule has 0 fully saturated rings. The molecule has 4 heteroatoms. The van der Waals surface area contributed by atoms with Gasteiger partial charge in [-0.25, -0.2) is 0 Å². The Morgan fingerprint density at radius 3 is 2.50 bits per heavy atom. The van der Waals surface area contributed by atoms with E-state index in [4.69, 9.17) is 9.15 Å². The normalized spacial score (nSPS) is 11.6. The summed E-state index contributed by atoms with van der Waals surface area (Å²) in [5, 5.41) is 7.68. The van der Waals surface area contributed by atoms with Gasteiger partial charge in [0.15, 0.2) is 6.61 Å². The summed E-state index contributed by atoms with van der Waals surface area (Å²) < 4.78 is 11.1. The van der Waals surface area contributed by atoms with E-state index < -0.39 is 0 Å². The highest BCUT2D eigenvalue weighted by Gasteiger charge is 2.18. The third-order valence-electron chi connectivity index (χ3n) is 2.61. The Bertz CT molecular complexity index is 527. The zero-order valence-corrected chi connectivity index (χ0v) is 11.2. The molecule has 1 aromatic carbocycles. The first kappa shape index (κ1) is 12.6. The summed E-state index contributed by atoms with van der Waals surface area (Å²) in [5.41, 5.74) is 1.21. The molecule has 0 aliphatic heterocycles. The van der Waals surface area contributed by atoms with Gasteiger partial charge in [-0.2, -0.15) is 0 Å². The van der Waals surface area contributed by atoms with Gasteiger partial charge >= 0.3 is 0 Å². The molecule has 0 aliphatic rings. The van der Waals surface area contributed by atoms with Gasteiger partial charge in [0, 0.05) is 6.92 Å². The fourth-order valence-electron chi connectivity index (χ4n) is 1.75. The average Bonchev–Trinajstić information content (AvgIpc) is 2.72. The van der Waals surface area contributed by atoms with Crippen LogP contribution in [0, 0.1) is 6.92 Å². The Morgan fingerprint density at radius 2 is 1.89 bits per heavy atom. The van der Waals surface area contributed by atoms with Crippen molar-refractivity contribution in [2.24, 2.45) is 0 Å². The number of benzene rings is 1. The zero-order chi connectivity index (χ0) is 13.2. The Balaban J connectivity index is 2.14. The van der Waals surface area contributed by atoms with Crippen LogP contribution < -0.4 is 4.74 Å². The van der Waals surface area contributed by atoms with Crippen molar-refractivity contribution in [3.05, 3.63) is 41.6 Å². The largest absolute Gasteiger partial charge is 0.484 e. The second-order valence-electron chi connectivity index (χ2n) is 5.25. The minimum absolute atomic E-state index is 0.0430. The first-order valence-electron chi connectivity index (χ1n) is 5.98. The Kier molecular flexibility index (Phi) is 3.36. The van der Waals surface area contributed by atoms with Crippen molar-refractivity contribution < 1.29 is 9.15 Å². The highest BCUT2D eigenvalue weighted by molar-refractivity contribution is 5.38. The number of aromatic nitrogens is 2. The quantitative estimate of drug-likeness (QED) is 0.834. The summed E-state index contributed by atoms with van der Waals surface area (Å²) >= 11 is 0. The fourth-order valence-corrected chi connectivity index (χ4v) is 1.75. The SMILES string of the molecule is Cc1nnc(COc2ccccc2C(C)(C)C)o1. The van der Waals surface area contributed by atoms with Crippen LogP contribution in [0.4, 0.5) is 0 Å². The van der Waals surface area contributed by atoms with Crippen LogP contribution >= 0.6 is 0 Å². The molecule has 4 nitrogen and oxygen atoms in total. The van der Waals surface area contributed by atoms with Crippen LogP contribution in [-0.4, -0.2) is 10.2 Å². The minimum Gasteiger partial charge on any atom is -0.484 e. The van der Waals surface area contributed by atoms with Gasteiger partial charge in [0.2, 0.25) is 5.89 Å². The van der Waals surface area contributed by atoms with Crippen molar-refractivity contribution >= 4 is 0 Å². The molecule has 0 saturated heterocycles. The molecule has 1 heterocycles. The molecule has 0 atom stereocenters. The third kappa shape index (κ3) is 2.88. The lowest BCUT2D eigenvalue weighted by atomic mass is 9.86. The van der Waals surface area contributed by atoms with Gasteiger partial charge in [0.1, 0.15) is 5.75 Å². The molecule has 2 rings (SSSR count). The van der Waals surface area contributed by atoms with E-state index >= 15 is 0 Å². The van der Waals surface area contributed by atoms with E-state index in [2.05, 4.69) is 37.0 Å². The number of aryl methyl sites for hydroxylation is 1. The molecular formula is C14H18N2O2. The van der Waals surface area contributed by atoms with E-state index in [1.165, 1.54) is 5.56 Å². The Morgan fingerprint density at radius 1 is 1.17 bits per heavy atom. The molecule has 2 aromatic rings. The zero-order valence-electron chi connectivity index (χ0n) is 11.2. The molecule has 0 saturated carbocycles. The Labute approximate surface area is 107 Å². The van der Waals surface area contributed by atoms with Crippen LogP contribution in [0.25, 0.3) is 0 Å². The van der Waals surface area contributed by atoms with Gasteiger partial charge in [0.25, 0.3) is 5.89 Å². The highest BCUT2D eigenvalue weighted by atomic mass is 16.5. The van der Waals surface area contributed by atoms with Crippen molar-refractivity contribution in [3.8, 4) is 5.75 Å². The van der Waals surface area contributed by atoms with Crippen LogP contribution in [0.2, 0.25) is 0 Å². The predicted octanol–water partition coefficient (Wildman–Crippen LogP) is 3.25. The molecular weight excluding hydrogens is 228 g/mol. The molecule has 0 radical (unpaired) electrons. The smallest absolute Gasteiger partial charge is 0.253 e. The average molecular weight is 246 g/mol. The van der Waals surface area contributed by atoms with Crippen LogP contribution in [-0.2, 0) is 12.0 Å². The maximum absolute atomic E-state index is 5.77. The van der Waals surface area contributed by atoms with E-state index in [0.29, 0.717) is 18.4 Å². The summed E-state index contributed by atoms with van der Waals surface area (Å²) in [6.07, 6.45) is 0. The van der Waals surface area contributed by atoms with Gasteiger partial charge in [0.05, 0.1) is 0 Å². The van der Waals surface area contributed by atoms with Crippen molar-refractivity contribution in [1.82, 2.24) is 10.2 Å². The second-order valence-corrected chi connectivity index (χ2v) is 5.25. The van der Waals surface area contributed by atoms with Gasteiger partial charge in [-0.3, -0.25) is 0 Å². The molecule has 0 bridgehead atoms. The number of hydrogen-bond acceptors (Lipinski definition) is 4. The monoisotopic (exact) mass is 246 g/mol. The molecule has 96 valence electrons. The first-order chi connectivity index (χ1) is 8.47. The number of para-hydroxylation sites is 1. The predicted molar refractivity (Wildman–Crippen MR) is 68.5 cm³/mol. The van der Waals surface area contributed by atoms with Gasteiger partial charge in [-0.1, -0.05) is 39.0 Å². The summed E-state index contributed by atoms with van der Waals surface area (Å²) in [5.74, 6) is 1.91. The van der Waals surface area contributed by atoms with Crippen LogP contribution in [0.15, 0.2) is 28.7 Å². The van der Waals surface area contributed by atoms with Gasteiger partial charge in [-0.15, -0.1) is 10.2 Å². The molecule has 18 heavy (non-hydrogen) atoms. The summed E-state index contributed by atoms with van der Waals surface area (Å²) in [4.78, 5) is 0. The van der Waals surface area contributed by atoms with Gasteiger partial charge < -0.3 is 9.15 Å². The van der Waals surface area contributed by atoms with Crippen LogP contribution in [0.5, 0.6) is 5.75 Å². The summed E-state index contributed by atoms with van der Waals surface area (Å²) in [7, 11) is 0. The number of ether oxygens (including phenoxy) is 1. The van der Waals surface area contributed by atoms with Crippen molar-refractivity contribution in [2.75, 3.05) is 0 Å². The third-order valence-corrected chi connectivity index (χ3v) is 2.61. The molecule has 0 N–H and O–H groups in total. The summed E-state index contributed by atoms with van der Waals surface area (Å²) in [6.45, 7) is 8.54. The van der Waals surface area contributed by atoms with Crippen molar-refractivity contribution in [1.29, 1.82) is 0 Å². The van der Waals surface area contributed by atoms with Crippen molar-refractivity contribution in [3.63, 3.8) is 0 Å². The highest BCUT2D eigenvalue weighted by Crippen LogP contribution is 2.31. The maximum Gasteiger partial charge on any atom is 0.253 e. The lowest BCUT2D eigenvalue weighted by molar-refractivity contribution is 0.255. The molecule has 0 amide bonds. The summed E-state index contributed by atoms with van der Waals surface area (Å²) in [6, 6.07) is 8.02. The minimum atomic E-state index is 0.0430. The van der Waals surface area contributed by atoms with E-state index in [-0.39, 0.29) is 5.41 Å². The van der Waals surface area contributed by atoms with E-state index in [0.717, 1.165) is 5.75 Å². The maximum atomic E-state index is 5.77. The molecule has 0 unspecified atom stereocenters. The topological polar surface area (TPSA) is 48.2 Å². The standard InChI is InChI=1S/C14H18N2O2/c1-10-15-16-13(18-10)9-17-12-8-6-5-7-11(12)14(2,3)4/h5-8H,9H2,1-4H3. The fraction of sp³-hybridized carbons (Fsp3) is 0.429. The van der Waals surface area contributed by atoms with E-state index in [9.17, 15) is 0 Å². The lowest BCUT2D eigenvalue weighted by Gasteiger charge is -2.22. The molecule has 1 aromatic heterocycles. The van der Waals surface area contributed by atoms with Gasteiger partial charge in [-0.05, 0) is 17.0 Å². The van der Waals surface area contributed by atoms with Crippen LogP contribution in [0.3, 0.4) is 0 Å². The first-order valence-corrected chi connectivity index (χ1v) is 5.98. The van der Waals surface area contributed by atoms with Crippen LogP contribution in [0.1, 0.15) is 38.1 Å². The second kappa shape index (κ2) is 4.80. The van der Waals surface area contributed by atoms with Crippen molar-refractivity contribution in [2.45, 2.75) is 39.7 Å². The number of rotatable bonds is 3. The number of nitrogens with zero attached hydrogens (tertiary/aromatic N) is 2. The molecule has 0 spiro atoms. The van der Waals surface area contributed by atoms with E-state index in [1.54, 1.807) is 6.92 Å². The number of hydrogen-bond donors (Lipinski definition) is 0. The lowest BCUT2D eigenvalue weighted by Crippen LogP contribution is -2.13.